The van der Waals surface area contributed by atoms with Crippen molar-refractivity contribution in [3.05, 3.63) is 35.6 Å². The Bertz CT molecular complexity index is 520. The van der Waals surface area contributed by atoms with Crippen molar-refractivity contribution in [2.75, 3.05) is 19.7 Å². The molecular formula is C18H25FN2O2. The second-order valence-corrected chi connectivity index (χ2v) is 6.70. The number of carbonyl (C=O) groups is 1. The van der Waals surface area contributed by atoms with Crippen molar-refractivity contribution in [1.29, 1.82) is 0 Å². The predicted molar refractivity (Wildman–Crippen MR) is 86.6 cm³/mol. The van der Waals surface area contributed by atoms with Gasteiger partial charge in [-0.3, -0.25) is 0 Å². The number of likely N-dealkylation sites (tertiary alicyclic amines) is 1. The molecule has 2 aliphatic rings. The average Bonchev–Trinajstić information content (AvgIpc) is 3.08. The third-order valence-corrected chi connectivity index (χ3v) is 4.92. The topological polar surface area (TPSA) is 41.6 Å². The van der Waals surface area contributed by atoms with Crippen LogP contribution in [-0.2, 0) is 4.74 Å². The molecule has 2 fully saturated rings. The number of benzene rings is 1. The van der Waals surface area contributed by atoms with E-state index in [-0.39, 0.29) is 24.0 Å². The lowest BCUT2D eigenvalue weighted by molar-refractivity contribution is 0.0767. The van der Waals surface area contributed by atoms with Crippen molar-refractivity contribution in [3.8, 4) is 0 Å². The molecule has 0 radical (unpaired) electrons. The molecule has 2 heterocycles. The van der Waals surface area contributed by atoms with Gasteiger partial charge in [-0.1, -0.05) is 19.1 Å². The molecule has 23 heavy (non-hydrogen) atoms. The van der Waals surface area contributed by atoms with Gasteiger partial charge in [0.25, 0.3) is 0 Å². The maximum Gasteiger partial charge on any atom is 0.317 e. The maximum atomic E-state index is 13.2. The Morgan fingerprint density at radius 1 is 1.26 bits per heavy atom. The summed E-state index contributed by atoms with van der Waals surface area (Å²) in [5, 5.41) is 3.12. The SMILES string of the molecule is CC1CCN(C(=O)NC(c2ccc(F)cc2)C2CCCO2)CC1. The van der Waals surface area contributed by atoms with E-state index in [0.29, 0.717) is 5.92 Å². The molecule has 2 amide bonds. The molecule has 0 saturated carbocycles. The third-order valence-electron chi connectivity index (χ3n) is 4.92. The van der Waals surface area contributed by atoms with Crippen LogP contribution in [0.2, 0.25) is 0 Å². The largest absolute Gasteiger partial charge is 0.376 e. The molecule has 1 N–H and O–H groups in total. The lowest BCUT2D eigenvalue weighted by Gasteiger charge is -2.33. The van der Waals surface area contributed by atoms with E-state index < -0.39 is 0 Å². The van der Waals surface area contributed by atoms with Crippen LogP contribution in [0, 0.1) is 11.7 Å². The molecule has 4 nitrogen and oxygen atoms in total. The Kier molecular flexibility index (Phi) is 5.16. The minimum absolute atomic E-state index is 0.0341. The van der Waals surface area contributed by atoms with E-state index in [1.807, 2.05) is 4.90 Å². The highest BCUT2D eigenvalue weighted by Gasteiger charge is 2.30. The molecule has 2 saturated heterocycles. The van der Waals surface area contributed by atoms with E-state index >= 15 is 0 Å². The maximum absolute atomic E-state index is 13.2. The molecule has 1 aromatic carbocycles. The molecule has 3 rings (SSSR count). The summed E-state index contributed by atoms with van der Waals surface area (Å²) in [6.07, 6.45) is 3.98. The van der Waals surface area contributed by atoms with Crippen LogP contribution in [0.15, 0.2) is 24.3 Å². The second-order valence-electron chi connectivity index (χ2n) is 6.70. The average molecular weight is 320 g/mol. The lowest BCUT2D eigenvalue weighted by Crippen LogP contribution is -2.47. The van der Waals surface area contributed by atoms with Gasteiger partial charge in [0.15, 0.2) is 0 Å². The second kappa shape index (κ2) is 7.30. The highest BCUT2D eigenvalue weighted by Crippen LogP contribution is 2.28. The molecule has 0 spiro atoms. The monoisotopic (exact) mass is 320 g/mol. The summed E-state index contributed by atoms with van der Waals surface area (Å²) in [7, 11) is 0. The first-order valence-electron chi connectivity index (χ1n) is 8.56. The number of hydrogen-bond acceptors (Lipinski definition) is 2. The Hall–Kier alpha value is -1.62. The molecule has 2 atom stereocenters. The number of rotatable bonds is 3. The molecule has 5 heteroatoms. The Morgan fingerprint density at radius 3 is 2.57 bits per heavy atom. The zero-order valence-corrected chi connectivity index (χ0v) is 13.6. The van der Waals surface area contributed by atoms with Gasteiger partial charge in [-0.15, -0.1) is 0 Å². The predicted octanol–water partition coefficient (Wildman–Crippen LogP) is 3.49. The number of amides is 2. The van der Waals surface area contributed by atoms with Gasteiger partial charge < -0.3 is 15.0 Å². The molecule has 0 aromatic heterocycles. The van der Waals surface area contributed by atoms with Gasteiger partial charge in [0.05, 0.1) is 12.1 Å². The van der Waals surface area contributed by atoms with Gasteiger partial charge in [0.1, 0.15) is 5.82 Å². The number of piperidine rings is 1. The fourth-order valence-electron chi connectivity index (χ4n) is 3.36. The van der Waals surface area contributed by atoms with Gasteiger partial charge in [-0.2, -0.15) is 0 Å². The first-order valence-corrected chi connectivity index (χ1v) is 8.56. The van der Waals surface area contributed by atoms with Crippen molar-refractivity contribution in [2.45, 2.75) is 44.8 Å². The van der Waals surface area contributed by atoms with E-state index in [4.69, 9.17) is 4.74 Å². The molecule has 126 valence electrons. The van der Waals surface area contributed by atoms with Crippen molar-refractivity contribution >= 4 is 6.03 Å². The quantitative estimate of drug-likeness (QED) is 0.926. The summed E-state index contributed by atoms with van der Waals surface area (Å²) in [5.74, 6) is 0.418. The standard InChI is InChI=1S/C18H25FN2O2/c1-13-8-10-21(11-9-13)18(22)20-17(16-3-2-12-23-16)14-4-6-15(19)7-5-14/h4-7,13,16-17H,2-3,8-12H2,1H3,(H,20,22). The van der Waals surface area contributed by atoms with Gasteiger partial charge in [-0.05, 0) is 49.3 Å². The number of ether oxygens (including phenoxy) is 1. The van der Waals surface area contributed by atoms with Crippen molar-refractivity contribution < 1.29 is 13.9 Å². The minimum atomic E-state index is -0.267. The number of nitrogens with one attached hydrogen (secondary N) is 1. The molecular weight excluding hydrogens is 295 g/mol. The number of hydrogen-bond donors (Lipinski definition) is 1. The number of halogens is 1. The van der Waals surface area contributed by atoms with Gasteiger partial charge in [-0.25, -0.2) is 9.18 Å². The van der Waals surface area contributed by atoms with E-state index in [0.717, 1.165) is 50.9 Å². The first kappa shape index (κ1) is 16.2. The first-order chi connectivity index (χ1) is 11.1. The fraction of sp³-hybridized carbons (Fsp3) is 0.611. The lowest BCUT2D eigenvalue weighted by atomic mass is 9.98. The molecule has 2 unspecified atom stereocenters. The van der Waals surface area contributed by atoms with E-state index in [1.165, 1.54) is 12.1 Å². The smallest absolute Gasteiger partial charge is 0.317 e. The summed E-state index contributed by atoms with van der Waals surface area (Å²) in [5.41, 5.74) is 0.900. The Morgan fingerprint density at radius 2 is 1.96 bits per heavy atom. The fourth-order valence-corrected chi connectivity index (χ4v) is 3.36. The van der Waals surface area contributed by atoms with Crippen LogP contribution in [0.4, 0.5) is 9.18 Å². The van der Waals surface area contributed by atoms with Gasteiger partial charge in [0.2, 0.25) is 0 Å². The van der Waals surface area contributed by atoms with E-state index in [2.05, 4.69) is 12.2 Å². The summed E-state index contributed by atoms with van der Waals surface area (Å²) < 4.78 is 19.0. The summed E-state index contributed by atoms with van der Waals surface area (Å²) >= 11 is 0. The molecule has 1 aromatic rings. The molecule has 0 bridgehead atoms. The van der Waals surface area contributed by atoms with Crippen LogP contribution < -0.4 is 5.32 Å². The van der Waals surface area contributed by atoms with Gasteiger partial charge >= 0.3 is 6.03 Å². The minimum Gasteiger partial charge on any atom is -0.376 e. The van der Waals surface area contributed by atoms with Crippen LogP contribution in [0.3, 0.4) is 0 Å². The van der Waals surface area contributed by atoms with Crippen molar-refractivity contribution in [3.63, 3.8) is 0 Å². The van der Waals surface area contributed by atoms with Crippen LogP contribution in [0.1, 0.15) is 44.2 Å². The normalized spacial score (nSPS) is 23.7. The summed E-state index contributed by atoms with van der Waals surface area (Å²) in [6.45, 7) is 4.55. The number of carbonyl (C=O) groups excluding carboxylic acids is 1. The van der Waals surface area contributed by atoms with Crippen LogP contribution in [-0.4, -0.2) is 36.7 Å². The van der Waals surface area contributed by atoms with E-state index in [1.54, 1.807) is 12.1 Å². The third kappa shape index (κ3) is 4.02. The Labute approximate surface area is 137 Å². The highest BCUT2D eigenvalue weighted by molar-refractivity contribution is 5.75. The number of nitrogens with zero attached hydrogens (tertiary/aromatic N) is 1. The summed E-state index contributed by atoms with van der Waals surface area (Å²) in [6, 6.07) is 6.09. The zero-order chi connectivity index (χ0) is 16.2. The zero-order valence-electron chi connectivity index (χ0n) is 13.6. The molecule has 2 aliphatic heterocycles. The van der Waals surface area contributed by atoms with Crippen molar-refractivity contribution in [1.82, 2.24) is 10.2 Å². The van der Waals surface area contributed by atoms with Crippen LogP contribution in [0.5, 0.6) is 0 Å². The molecule has 0 aliphatic carbocycles. The summed E-state index contributed by atoms with van der Waals surface area (Å²) in [4.78, 5) is 14.5. The van der Waals surface area contributed by atoms with Crippen LogP contribution in [0.25, 0.3) is 0 Å². The van der Waals surface area contributed by atoms with Gasteiger partial charge in [0, 0.05) is 19.7 Å². The van der Waals surface area contributed by atoms with Crippen molar-refractivity contribution in [2.24, 2.45) is 5.92 Å². The van der Waals surface area contributed by atoms with Crippen LogP contribution >= 0.6 is 0 Å². The Balaban J connectivity index is 1.70. The van der Waals surface area contributed by atoms with E-state index in [9.17, 15) is 9.18 Å². The number of urea groups is 1. The highest BCUT2D eigenvalue weighted by atomic mass is 19.1.